The Morgan fingerprint density at radius 1 is 1.33 bits per heavy atom. The van der Waals surface area contributed by atoms with Gasteiger partial charge in [-0.15, -0.1) is 0 Å². The van der Waals surface area contributed by atoms with Crippen LogP contribution in [0.1, 0.15) is 0 Å². The van der Waals surface area contributed by atoms with Crippen LogP contribution in [0.2, 0.25) is 5.02 Å². The lowest BCUT2D eigenvalue weighted by Crippen LogP contribution is -2.66. The van der Waals surface area contributed by atoms with E-state index in [0.717, 1.165) is 19.6 Å². The molecule has 2 aliphatic rings. The maximum Gasteiger partial charge on any atom is 0.246 e. The Bertz CT molecular complexity index is 561. The predicted octanol–water partition coefficient (Wildman–Crippen LogP) is -0.479. The molecule has 8 heteroatoms. The van der Waals surface area contributed by atoms with Gasteiger partial charge < -0.3 is 9.80 Å². The number of likely N-dealkylation sites (N-methyl/N-ethyl adjacent to an activating group) is 1. The first kappa shape index (κ1) is 14.3. The van der Waals surface area contributed by atoms with Crippen molar-refractivity contribution in [3.63, 3.8) is 0 Å². The van der Waals surface area contributed by atoms with E-state index < -0.39 is 0 Å². The number of fused-ring (bicyclic) bond motifs is 1. The molecule has 1 atom stereocenters. The fraction of sp³-hybridized carbons (Fsp3) is 0.615. The van der Waals surface area contributed by atoms with Crippen LogP contribution < -0.4 is 0 Å². The van der Waals surface area contributed by atoms with E-state index in [1.165, 1.54) is 4.90 Å². The molecule has 21 heavy (non-hydrogen) atoms. The summed E-state index contributed by atoms with van der Waals surface area (Å²) >= 11 is 5.83. The standard InChI is InChI=1S/C13H18ClN5O2/c1-16-9-12(20)19-5-3-17(8-11(19)13(16)21)2-4-18-7-10(14)6-15-18/h6-7,11H,2-5,8-9H2,1H3/t11-/m1/s1. The van der Waals surface area contributed by atoms with E-state index in [1.807, 2.05) is 0 Å². The second-order valence-electron chi connectivity index (χ2n) is 5.52. The molecule has 0 unspecified atom stereocenters. The third-order valence-electron chi connectivity index (χ3n) is 4.07. The van der Waals surface area contributed by atoms with E-state index in [-0.39, 0.29) is 24.4 Å². The van der Waals surface area contributed by atoms with E-state index in [2.05, 4.69) is 10.00 Å². The lowest BCUT2D eigenvalue weighted by Gasteiger charge is -2.45. The molecule has 114 valence electrons. The minimum absolute atomic E-state index is 0.0291. The largest absolute Gasteiger partial charge is 0.335 e. The van der Waals surface area contributed by atoms with Crippen molar-refractivity contribution in [2.24, 2.45) is 0 Å². The number of nitrogens with zero attached hydrogens (tertiary/aromatic N) is 5. The van der Waals surface area contributed by atoms with Crippen molar-refractivity contribution in [3.8, 4) is 0 Å². The molecule has 1 aromatic rings. The summed E-state index contributed by atoms with van der Waals surface area (Å²) in [7, 11) is 1.68. The van der Waals surface area contributed by atoms with Gasteiger partial charge in [-0.3, -0.25) is 19.2 Å². The van der Waals surface area contributed by atoms with Crippen LogP contribution >= 0.6 is 11.6 Å². The summed E-state index contributed by atoms with van der Waals surface area (Å²) in [5, 5.41) is 4.76. The second kappa shape index (κ2) is 5.65. The highest BCUT2D eigenvalue weighted by Crippen LogP contribution is 2.17. The molecule has 3 heterocycles. The molecule has 0 bridgehead atoms. The van der Waals surface area contributed by atoms with Gasteiger partial charge in [0.05, 0.1) is 24.3 Å². The molecule has 7 nitrogen and oxygen atoms in total. The number of carbonyl (C=O) groups is 2. The molecule has 2 aliphatic heterocycles. The molecule has 0 radical (unpaired) electrons. The highest BCUT2D eigenvalue weighted by atomic mass is 35.5. The Labute approximate surface area is 128 Å². The molecule has 2 amide bonds. The average molecular weight is 312 g/mol. The van der Waals surface area contributed by atoms with Crippen LogP contribution in [0.25, 0.3) is 0 Å². The van der Waals surface area contributed by atoms with Gasteiger partial charge in [-0.25, -0.2) is 0 Å². The fourth-order valence-electron chi connectivity index (χ4n) is 2.88. The molecule has 0 N–H and O–H groups in total. The predicted molar refractivity (Wildman–Crippen MR) is 76.8 cm³/mol. The van der Waals surface area contributed by atoms with E-state index in [9.17, 15) is 9.59 Å². The average Bonchev–Trinajstić information content (AvgIpc) is 2.88. The minimum Gasteiger partial charge on any atom is -0.335 e. The fourth-order valence-corrected chi connectivity index (χ4v) is 3.04. The zero-order chi connectivity index (χ0) is 15.0. The van der Waals surface area contributed by atoms with Crippen LogP contribution in [0, 0.1) is 0 Å². The van der Waals surface area contributed by atoms with Gasteiger partial charge in [0.25, 0.3) is 0 Å². The summed E-state index contributed by atoms with van der Waals surface area (Å²) in [5.74, 6) is 0.0713. The van der Waals surface area contributed by atoms with Crippen molar-refractivity contribution in [3.05, 3.63) is 17.4 Å². The van der Waals surface area contributed by atoms with Gasteiger partial charge in [0.15, 0.2) is 0 Å². The Hall–Kier alpha value is -1.60. The minimum atomic E-state index is -0.341. The van der Waals surface area contributed by atoms with Crippen LogP contribution in [0.3, 0.4) is 0 Å². The van der Waals surface area contributed by atoms with Crippen molar-refractivity contribution in [1.82, 2.24) is 24.5 Å². The van der Waals surface area contributed by atoms with Crippen molar-refractivity contribution >= 4 is 23.4 Å². The van der Waals surface area contributed by atoms with E-state index >= 15 is 0 Å². The summed E-state index contributed by atoms with van der Waals surface area (Å²) in [5.41, 5.74) is 0. The number of aromatic nitrogens is 2. The number of halogens is 1. The maximum absolute atomic E-state index is 12.2. The van der Waals surface area contributed by atoms with Gasteiger partial charge in [0, 0.05) is 39.4 Å². The summed E-state index contributed by atoms with van der Waals surface area (Å²) < 4.78 is 1.79. The topological polar surface area (TPSA) is 61.7 Å². The summed E-state index contributed by atoms with van der Waals surface area (Å²) in [4.78, 5) is 29.6. The number of amides is 2. The summed E-state index contributed by atoms with van der Waals surface area (Å²) in [6.45, 7) is 3.69. The number of carbonyl (C=O) groups excluding carboxylic acids is 2. The SMILES string of the molecule is CN1CC(=O)N2CCN(CCn3cc(Cl)cn3)C[C@@H]2C1=O. The summed E-state index contributed by atoms with van der Waals surface area (Å²) in [6.07, 6.45) is 3.39. The zero-order valence-corrected chi connectivity index (χ0v) is 12.7. The molecule has 0 aromatic carbocycles. The first-order valence-electron chi connectivity index (χ1n) is 6.99. The third kappa shape index (κ3) is 2.89. The molecule has 3 rings (SSSR count). The van der Waals surface area contributed by atoms with Crippen molar-refractivity contribution in [1.29, 1.82) is 0 Å². The van der Waals surface area contributed by atoms with Crippen LogP contribution in [-0.2, 0) is 16.1 Å². The third-order valence-corrected chi connectivity index (χ3v) is 4.26. The Morgan fingerprint density at radius 2 is 2.14 bits per heavy atom. The molecule has 0 saturated carbocycles. The van der Waals surface area contributed by atoms with E-state index in [1.54, 1.807) is 29.0 Å². The molecule has 0 spiro atoms. The molecular weight excluding hydrogens is 294 g/mol. The van der Waals surface area contributed by atoms with Gasteiger partial charge in [-0.1, -0.05) is 11.6 Å². The van der Waals surface area contributed by atoms with Gasteiger partial charge in [-0.2, -0.15) is 5.10 Å². The Morgan fingerprint density at radius 3 is 2.86 bits per heavy atom. The number of hydrogen-bond donors (Lipinski definition) is 0. The molecular formula is C13H18ClN5O2. The van der Waals surface area contributed by atoms with Crippen LogP contribution in [0.5, 0.6) is 0 Å². The summed E-state index contributed by atoms with van der Waals surface area (Å²) in [6, 6.07) is -0.341. The van der Waals surface area contributed by atoms with Gasteiger partial charge in [0.1, 0.15) is 6.04 Å². The maximum atomic E-state index is 12.2. The van der Waals surface area contributed by atoms with Crippen LogP contribution in [-0.4, -0.2) is 82.1 Å². The quantitative estimate of drug-likeness (QED) is 0.756. The lowest BCUT2D eigenvalue weighted by atomic mass is 10.1. The van der Waals surface area contributed by atoms with Crippen molar-refractivity contribution < 1.29 is 9.59 Å². The van der Waals surface area contributed by atoms with E-state index in [4.69, 9.17) is 11.6 Å². The first-order valence-corrected chi connectivity index (χ1v) is 7.37. The lowest BCUT2D eigenvalue weighted by molar-refractivity contribution is -0.158. The Kier molecular flexibility index (Phi) is 3.86. The van der Waals surface area contributed by atoms with Crippen molar-refractivity contribution in [2.45, 2.75) is 12.6 Å². The molecule has 2 saturated heterocycles. The van der Waals surface area contributed by atoms with Crippen molar-refractivity contribution in [2.75, 3.05) is 39.8 Å². The van der Waals surface area contributed by atoms with Gasteiger partial charge in [0.2, 0.25) is 11.8 Å². The number of hydrogen-bond acceptors (Lipinski definition) is 4. The number of piperazine rings is 2. The highest BCUT2D eigenvalue weighted by molar-refractivity contribution is 6.30. The van der Waals surface area contributed by atoms with Crippen LogP contribution in [0.4, 0.5) is 0 Å². The van der Waals surface area contributed by atoms with Gasteiger partial charge in [-0.05, 0) is 0 Å². The number of rotatable bonds is 3. The highest BCUT2D eigenvalue weighted by Gasteiger charge is 2.40. The monoisotopic (exact) mass is 311 g/mol. The molecule has 1 aromatic heterocycles. The second-order valence-corrected chi connectivity index (χ2v) is 5.96. The Balaban J connectivity index is 1.60. The van der Waals surface area contributed by atoms with E-state index in [0.29, 0.717) is 18.1 Å². The molecule has 0 aliphatic carbocycles. The zero-order valence-electron chi connectivity index (χ0n) is 11.9. The van der Waals surface area contributed by atoms with Crippen LogP contribution in [0.15, 0.2) is 12.4 Å². The van der Waals surface area contributed by atoms with Gasteiger partial charge >= 0.3 is 0 Å². The normalized spacial score (nSPS) is 23.6. The smallest absolute Gasteiger partial charge is 0.246 e. The first-order chi connectivity index (χ1) is 10.0. The molecule has 2 fully saturated rings.